The fraction of sp³-hybridized carbons (Fsp3) is 0.278. The lowest BCUT2D eigenvalue weighted by molar-refractivity contribution is -0.116. The minimum Gasteiger partial charge on any atom is -0.361 e. The smallest absolute Gasteiger partial charge is 0.161 e. The Balaban J connectivity index is 1.92. The Labute approximate surface area is 143 Å². The second-order valence-corrected chi connectivity index (χ2v) is 7.00. The molecule has 0 spiro atoms. The van der Waals surface area contributed by atoms with Crippen molar-refractivity contribution in [2.75, 3.05) is 0 Å². The van der Waals surface area contributed by atoms with Gasteiger partial charge in [0.15, 0.2) is 5.78 Å². The van der Waals surface area contributed by atoms with Gasteiger partial charge < -0.3 is 5.32 Å². The molecule has 24 heavy (non-hydrogen) atoms. The number of nitriles is 1. The molecule has 2 aliphatic rings. The highest BCUT2D eigenvalue weighted by atomic mass is 32.1. The SMILES string of the molecule is CC1=C(C#N)C(c2cn[nH]c2-c2cccs2)C2=C(CCCC2=O)N1. The number of nitrogens with zero attached hydrogens (tertiary/aromatic N) is 2. The zero-order valence-electron chi connectivity index (χ0n) is 13.2. The molecule has 2 N–H and O–H groups in total. The highest BCUT2D eigenvalue weighted by Gasteiger charge is 2.37. The Morgan fingerprint density at radius 1 is 1.42 bits per heavy atom. The number of aromatic nitrogens is 2. The van der Waals surface area contributed by atoms with Gasteiger partial charge in [-0.2, -0.15) is 10.4 Å². The van der Waals surface area contributed by atoms with Gasteiger partial charge in [0.25, 0.3) is 0 Å². The molecule has 120 valence electrons. The normalized spacial score (nSPS) is 20.7. The van der Waals surface area contributed by atoms with Gasteiger partial charge in [0.05, 0.1) is 34.3 Å². The quantitative estimate of drug-likeness (QED) is 0.877. The van der Waals surface area contributed by atoms with Gasteiger partial charge in [-0.05, 0) is 31.2 Å². The average Bonchev–Trinajstić information content (AvgIpc) is 3.24. The minimum atomic E-state index is -0.338. The Morgan fingerprint density at radius 2 is 2.29 bits per heavy atom. The first-order chi connectivity index (χ1) is 11.7. The molecular weight excluding hydrogens is 320 g/mol. The van der Waals surface area contributed by atoms with Crippen molar-refractivity contribution in [3.05, 3.63) is 51.8 Å². The van der Waals surface area contributed by atoms with E-state index in [4.69, 9.17) is 0 Å². The van der Waals surface area contributed by atoms with E-state index in [9.17, 15) is 10.1 Å². The van der Waals surface area contributed by atoms with Crippen LogP contribution >= 0.6 is 11.3 Å². The lowest BCUT2D eigenvalue weighted by Crippen LogP contribution is -2.31. The number of H-pyrrole nitrogens is 1. The molecule has 6 heteroatoms. The Kier molecular flexibility index (Phi) is 3.58. The van der Waals surface area contributed by atoms with E-state index in [-0.39, 0.29) is 11.7 Å². The molecule has 0 aromatic carbocycles. The van der Waals surface area contributed by atoms with Crippen LogP contribution in [0.4, 0.5) is 0 Å². The van der Waals surface area contributed by atoms with Crippen LogP contribution in [-0.4, -0.2) is 16.0 Å². The number of hydrogen-bond donors (Lipinski definition) is 2. The molecule has 0 fully saturated rings. The number of carbonyl (C=O) groups is 1. The van der Waals surface area contributed by atoms with Crippen LogP contribution in [0.5, 0.6) is 0 Å². The summed E-state index contributed by atoms with van der Waals surface area (Å²) in [6, 6.07) is 6.31. The molecule has 0 bridgehead atoms. The maximum Gasteiger partial charge on any atom is 0.161 e. The maximum atomic E-state index is 12.6. The van der Waals surface area contributed by atoms with Crippen molar-refractivity contribution in [1.82, 2.24) is 15.5 Å². The van der Waals surface area contributed by atoms with Gasteiger partial charge in [-0.1, -0.05) is 6.07 Å². The van der Waals surface area contributed by atoms with Crippen molar-refractivity contribution in [1.29, 1.82) is 5.26 Å². The van der Waals surface area contributed by atoms with E-state index in [1.54, 1.807) is 17.5 Å². The summed E-state index contributed by atoms with van der Waals surface area (Å²) in [6.45, 7) is 1.90. The number of Topliss-reactive ketones (excluding diaryl/α,β-unsaturated/α-hetero) is 1. The third-order valence-electron chi connectivity index (χ3n) is 4.64. The predicted molar refractivity (Wildman–Crippen MR) is 92.0 cm³/mol. The summed E-state index contributed by atoms with van der Waals surface area (Å²) in [5.41, 5.74) is 4.92. The summed E-state index contributed by atoms with van der Waals surface area (Å²) in [6.07, 6.45) is 4.00. The summed E-state index contributed by atoms with van der Waals surface area (Å²) in [5.74, 6) is -0.206. The number of carbonyl (C=O) groups excluding carboxylic acids is 1. The molecular formula is C18H16N4OS. The topological polar surface area (TPSA) is 81.6 Å². The van der Waals surface area contributed by atoms with Gasteiger partial charge >= 0.3 is 0 Å². The summed E-state index contributed by atoms with van der Waals surface area (Å²) >= 11 is 1.61. The number of allylic oxidation sites excluding steroid dienone is 4. The monoisotopic (exact) mass is 336 g/mol. The van der Waals surface area contributed by atoms with Crippen molar-refractivity contribution in [2.45, 2.75) is 32.1 Å². The Hall–Kier alpha value is -2.65. The van der Waals surface area contributed by atoms with Crippen LogP contribution in [0.3, 0.4) is 0 Å². The molecule has 4 rings (SSSR count). The van der Waals surface area contributed by atoms with Gasteiger partial charge in [-0.3, -0.25) is 9.89 Å². The van der Waals surface area contributed by atoms with Crippen LogP contribution in [0, 0.1) is 11.3 Å². The van der Waals surface area contributed by atoms with Gasteiger partial charge in [0.1, 0.15) is 0 Å². The second-order valence-electron chi connectivity index (χ2n) is 6.06. The van der Waals surface area contributed by atoms with Gasteiger partial charge in [0, 0.05) is 29.0 Å². The van der Waals surface area contributed by atoms with Crippen molar-refractivity contribution in [2.24, 2.45) is 0 Å². The molecule has 1 aliphatic heterocycles. The lowest BCUT2D eigenvalue weighted by atomic mass is 9.75. The van der Waals surface area contributed by atoms with E-state index >= 15 is 0 Å². The summed E-state index contributed by atoms with van der Waals surface area (Å²) in [5, 5.41) is 22.3. The van der Waals surface area contributed by atoms with Gasteiger partial charge in [-0.15, -0.1) is 11.3 Å². The molecule has 1 unspecified atom stereocenters. The van der Waals surface area contributed by atoms with E-state index in [1.807, 2.05) is 24.4 Å². The first-order valence-corrected chi connectivity index (χ1v) is 8.80. The van der Waals surface area contributed by atoms with Crippen LogP contribution in [-0.2, 0) is 4.79 Å². The van der Waals surface area contributed by atoms with Crippen LogP contribution in [0.2, 0.25) is 0 Å². The average molecular weight is 336 g/mol. The van der Waals surface area contributed by atoms with Crippen molar-refractivity contribution >= 4 is 17.1 Å². The lowest BCUT2D eigenvalue weighted by Gasteiger charge is -2.32. The number of dihydropyridines is 1. The largest absolute Gasteiger partial charge is 0.361 e. The van der Waals surface area contributed by atoms with E-state index in [0.29, 0.717) is 12.0 Å². The second kappa shape index (κ2) is 5.77. The summed E-state index contributed by atoms with van der Waals surface area (Å²) in [4.78, 5) is 13.7. The number of aromatic amines is 1. The third-order valence-corrected chi connectivity index (χ3v) is 5.53. The zero-order chi connectivity index (χ0) is 16.7. The number of thiophene rings is 1. The molecule has 0 radical (unpaired) electrons. The predicted octanol–water partition coefficient (Wildman–Crippen LogP) is 3.63. The fourth-order valence-corrected chi connectivity index (χ4v) is 4.32. The molecule has 3 heterocycles. The van der Waals surface area contributed by atoms with Crippen molar-refractivity contribution in [3.8, 4) is 16.6 Å². The van der Waals surface area contributed by atoms with Crippen LogP contribution < -0.4 is 5.32 Å². The molecule has 2 aromatic heterocycles. The van der Waals surface area contributed by atoms with Crippen molar-refractivity contribution in [3.63, 3.8) is 0 Å². The van der Waals surface area contributed by atoms with Crippen LogP contribution in [0.25, 0.3) is 10.6 Å². The highest BCUT2D eigenvalue weighted by molar-refractivity contribution is 7.13. The van der Waals surface area contributed by atoms with E-state index in [1.165, 1.54) is 0 Å². The number of nitrogens with one attached hydrogen (secondary N) is 2. The van der Waals surface area contributed by atoms with Crippen LogP contribution in [0.15, 0.2) is 46.2 Å². The molecule has 0 amide bonds. The van der Waals surface area contributed by atoms with Crippen LogP contribution in [0.1, 0.15) is 37.7 Å². The first kappa shape index (κ1) is 14.9. The summed E-state index contributed by atoms with van der Waals surface area (Å²) < 4.78 is 0. The molecule has 2 aromatic rings. The number of ketones is 1. The van der Waals surface area contributed by atoms with E-state index in [0.717, 1.165) is 45.9 Å². The molecule has 0 saturated carbocycles. The summed E-state index contributed by atoms with van der Waals surface area (Å²) in [7, 11) is 0. The van der Waals surface area contributed by atoms with Crippen molar-refractivity contribution < 1.29 is 4.79 Å². The zero-order valence-corrected chi connectivity index (χ0v) is 14.0. The molecule has 5 nitrogen and oxygen atoms in total. The fourth-order valence-electron chi connectivity index (χ4n) is 3.57. The van der Waals surface area contributed by atoms with E-state index < -0.39 is 0 Å². The number of rotatable bonds is 2. The van der Waals surface area contributed by atoms with Gasteiger partial charge in [0.2, 0.25) is 0 Å². The molecule has 0 saturated heterocycles. The highest BCUT2D eigenvalue weighted by Crippen LogP contribution is 2.44. The van der Waals surface area contributed by atoms with Gasteiger partial charge in [-0.25, -0.2) is 0 Å². The third kappa shape index (κ3) is 2.21. The molecule has 1 aliphatic carbocycles. The maximum absolute atomic E-state index is 12.6. The minimum absolute atomic E-state index is 0.132. The molecule has 1 atom stereocenters. The first-order valence-electron chi connectivity index (χ1n) is 7.92. The standard InChI is InChI=1S/C18H16N4OS/c1-10-11(8-19)16(17-13(21-10)4-2-5-14(17)23)12-9-20-22-18(12)15-6-3-7-24-15/h3,6-7,9,16,21H,2,4-5H2,1H3,(H,20,22). The Bertz CT molecular complexity index is 911. The van der Waals surface area contributed by atoms with E-state index in [2.05, 4.69) is 21.6 Å². The number of hydrogen-bond acceptors (Lipinski definition) is 5. The Morgan fingerprint density at radius 3 is 3.04 bits per heavy atom.